The van der Waals surface area contributed by atoms with Crippen molar-refractivity contribution in [3.63, 3.8) is 0 Å². The summed E-state index contributed by atoms with van der Waals surface area (Å²) >= 11 is 1.18. The second kappa shape index (κ2) is 6.76. The molecule has 0 bridgehead atoms. The highest BCUT2D eigenvalue weighted by Gasteiger charge is 2.21. The molecule has 0 aliphatic heterocycles. The predicted molar refractivity (Wildman–Crippen MR) is 78.8 cm³/mol. The molecular weight excluding hydrogens is 312 g/mol. The van der Waals surface area contributed by atoms with Crippen LogP contribution in [0.3, 0.4) is 0 Å². The molecule has 0 aromatic carbocycles. The van der Waals surface area contributed by atoms with Crippen molar-refractivity contribution in [1.29, 1.82) is 0 Å². The van der Waals surface area contributed by atoms with Gasteiger partial charge < -0.3 is 15.8 Å². The Bertz CT molecular complexity index is 704. The van der Waals surface area contributed by atoms with E-state index < -0.39 is 16.6 Å². The molecule has 0 aliphatic rings. The molecule has 2 rings (SSSR count). The summed E-state index contributed by atoms with van der Waals surface area (Å²) in [6.07, 6.45) is 1.14. The molecule has 0 unspecified atom stereocenters. The zero-order valence-corrected chi connectivity index (χ0v) is 12.3. The van der Waals surface area contributed by atoms with Gasteiger partial charge in [0.1, 0.15) is 6.33 Å². The van der Waals surface area contributed by atoms with Crippen molar-refractivity contribution in [2.24, 2.45) is 0 Å². The lowest BCUT2D eigenvalue weighted by Crippen LogP contribution is -2.08. The van der Waals surface area contributed by atoms with Gasteiger partial charge in [-0.2, -0.15) is 0 Å². The molecule has 0 atom stereocenters. The number of nitrogens with zero attached hydrogens (tertiary/aromatic N) is 4. The van der Waals surface area contributed by atoms with Gasteiger partial charge >= 0.3 is 11.7 Å². The minimum absolute atomic E-state index is 0.0278. The molecule has 11 heteroatoms. The Balaban J connectivity index is 2.16. The Hall–Kier alpha value is -2.82. The number of nitrogens with two attached hydrogens (primary N) is 1. The van der Waals surface area contributed by atoms with E-state index in [1.165, 1.54) is 11.3 Å². The van der Waals surface area contributed by atoms with Gasteiger partial charge in [-0.3, -0.25) is 14.9 Å². The van der Waals surface area contributed by atoms with Crippen LogP contribution in [0.5, 0.6) is 0 Å². The molecule has 0 amide bonds. The van der Waals surface area contributed by atoms with Crippen LogP contribution in [0.15, 0.2) is 11.7 Å². The number of ether oxygens (including phenoxy) is 1. The SMILES string of the molecule is CCOC(=O)Cc1csc(Nc2ncnc(N)c2[N+](=O)[O-])n1. The van der Waals surface area contributed by atoms with Gasteiger partial charge in [0.15, 0.2) is 5.13 Å². The molecule has 0 spiro atoms. The number of hydrogen-bond donors (Lipinski definition) is 2. The molecule has 0 fully saturated rings. The van der Waals surface area contributed by atoms with Gasteiger partial charge in [-0.05, 0) is 6.92 Å². The van der Waals surface area contributed by atoms with Crippen molar-refractivity contribution in [2.45, 2.75) is 13.3 Å². The van der Waals surface area contributed by atoms with Gasteiger partial charge in [-0.1, -0.05) is 0 Å². The fourth-order valence-corrected chi connectivity index (χ4v) is 2.28. The van der Waals surface area contributed by atoms with Crippen LogP contribution in [0, 0.1) is 10.1 Å². The lowest BCUT2D eigenvalue weighted by atomic mass is 10.3. The minimum atomic E-state index is -0.676. The maximum Gasteiger partial charge on any atom is 0.353 e. The number of rotatable bonds is 6. The lowest BCUT2D eigenvalue weighted by molar-refractivity contribution is -0.383. The molecule has 3 N–H and O–H groups in total. The van der Waals surface area contributed by atoms with Crippen LogP contribution >= 0.6 is 11.3 Å². The van der Waals surface area contributed by atoms with E-state index in [0.717, 1.165) is 6.33 Å². The number of nitrogens with one attached hydrogen (secondary N) is 1. The van der Waals surface area contributed by atoms with Crippen LogP contribution in [0.2, 0.25) is 0 Å². The predicted octanol–water partition coefficient (Wildman–Crippen LogP) is 1.27. The summed E-state index contributed by atoms with van der Waals surface area (Å²) in [6, 6.07) is 0. The van der Waals surface area contributed by atoms with Gasteiger partial charge in [-0.15, -0.1) is 11.3 Å². The Kier molecular flexibility index (Phi) is 4.78. The first-order valence-electron chi connectivity index (χ1n) is 6.13. The average molecular weight is 324 g/mol. The highest BCUT2D eigenvalue weighted by atomic mass is 32.1. The molecule has 0 saturated carbocycles. The largest absolute Gasteiger partial charge is 0.466 e. The van der Waals surface area contributed by atoms with E-state index >= 15 is 0 Å². The maximum absolute atomic E-state index is 11.4. The third-order valence-corrected chi connectivity index (χ3v) is 3.25. The molecule has 2 heterocycles. The molecule has 10 nitrogen and oxygen atoms in total. The molecule has 2 aromatic heterocycles. The highest BCUT2D eigenvalue weighted by Crippen LogP contribution is 2.30. The van der Waals surface area contributed by atoms with Crippen molar-refractivity contribution < 1.29 is 14.5 Å². The van der Waals surface area contributed by atoms with E-state index in [1.807, 2.05) is 0 Å². The summed E-state index contributed by atoms with van der Waals surface area (Å²) in [5.41, 5.74) is 5.54. The van der Waals surface area contributed by atoms with E-state index in [-0.39, 0.29) is 18.1 Å². The number of anilines is 3. The number of carbonyl (C=O) groups excluding carboxylic acids is 1. The number of aromatic nitrogens is 3. The molecule has 2 aromatic rings. The third kappa shape index (κ3) is 3.63. The van der Waals surface area contributed by atoms with Crippen molar-refractivity contribution in [1.82, 2.24) is 15.0 Å². The van der Waals surface area contributed by atoms with Gasteiger partial charge in [0, 0.05) is 5.38 Å². The minimum Gasteiger partial charge on any atom is -0.466 e. The Morgan fingerprint density at radius 3 is 3.00 bits per heavy atom. The number of hydrogen-bond acceptors (Lipinski definition) is 10. The third-order valence-electron chi connectivity index (χ3n) is 2.44. The molecule has 0 radical (unpaired) electrons. The van der Waals surface area contributed by atoms with Crippen molar-refractivity contribution >= 4 is 39.8 Å². The maximum atomic E-state index is 11.4. The Morgan fingerprint density at radius 2 is 2.32 bits per heavy atom. The van der Waals surface area contributed by atoms with Crippen molar-refractivity contribution in [3.05, 3.63) is 27.5 Å². The van der Waals surface area contributed by atoms with Crippen LogP contribution in [0.25, 0.3) is 0 Å². The normalized spacial score (nSPS) is 10.2. The van der Waals surface area contributed by atoms with E-state index in [2.05, 4.69) is 20.3 Å². The number of carbonyl (C=O) groups is 1. The van der Waals surface area contributed by atoms with Crippen LogP contribution < -0.4 is 11.1 Å². The topological polar surface area (TPSA) is 146 Å². The summed E-state index contributed by atoms with van der Waals surface area (Å²) in [5, 5.41) is 15.7. The number of nitro groups is 1. The second-order valence-electron chi connectivity index (χ2n) is 3.96. The van der Waals surface area contributed by atoms with Crippen LogP contribution in [0.4, 0.5) is 22.5 Å². The fourth-order valence-electron chi connectivity index (χ4n) is 1.57. The molecular formula is C11H12N6O4S. The summed E-state index contributed by atoms with van der Waals surface area (Å²) in [6.45, 7) is 2.01. The summed E-state index contributed by atoms with van der Waals surface area (Å²) in [5.74, 6) is -0.697. The van der Waals surface area contributed by atoms with Gasteiger partial charge in [0.25, 0.3) is 0 Å². The van der Waals surface area contributed by atoms with Crippen LogP contribution in [-0.2, 0) is 16.0 Å². The zero-order valence-electron chi connectivity index (χ0n) is 11.5. The summed E-state index contributed by atoms with van der Waals surface area (Å²) < 4.78 is 4.82. The van der Waals surface area contributed by atoms with E-state index in [0.29, 0.717) is 17.4 Å². The number of thiazole rings is 1. The first-order valence-corrected chi connectivity index (χ1v) is 7.01. The molecule has 22 heavy (non-hydrogen) atoms. The van der Waals surface area contributed by atoms with Crippen molar-refractivity contribution in [3.8, 4) is 0 Å². The van der Waals surface area contributed by atoms with Crippen LogP contribution in [0.1, 0.15) is 12.6 Å². The number of esters is 1. The zero-order chi connectivity index (χ0) is 16.1. The second-order valence-corrected chi connectivity index (χ2v) is 4.82. The Morgan fingerprint density at radius 1 is 1.55 bits per heavy atom. The Labute approximate surface area is 128 Å². The molecule has 0 saturated heterocycles. The fraction of sp³-hybridized carbons (Fsp3) is 0.273. The van der Waals surface area contributed by atoms with E-state index in [1.54, 1.807) is 12.3 Å². The number of nitrogen functional groups attached to an aromatic ring is 1. The highest BCUT2D eigenvalue weighted by molar-refractivity contribution is 7.13. The van der Waals surface area contributed by atoms with E-state index in [4.69, 9.17) is 10.5 Å². The smallest absolute Gasteiger partial charge is 0.353 e. The quantitative estimate of drug-likeness (QED) is 0.455. The van der Waals surface area contributed by atoms with E-state index in [9.17, 15) is 14.9 Å². The van der Waals surface area contributed by atoms with Gasteiger partial charge in [0.05, 0.1) is 23.6 Å². The molecule has 0 aliphatic carbocycles. The summed E-state index contributed by atoms with van der Waals surface area (Å²) in [4.78, 5) is 33.2. The lowest BCUT2D eigenvalue weighted by Gasteiger charge is -2.03. The summed E-state index contributed by atoms with van der Waals surface area (Å²) in [7, 11) is 0. The monoisotopic (exact) mass is 324 g/mol. The standard InChI is InChI=1S/C11H12N6O4S/c1-2-21-7(18)3-6-4-22-11(15-6)16-10-8(17(19)20)9(12)13-5-14-10/h4-5H,2-3H2,1H3,(H3,12,13,14,15,16). The first kappa shape index (κ1) is 15.6. The van der Waals surface area contributed by atoms with Gasteiger partial charge in [0.2, 0.25) is 11.6 Å². The average Bonchev–Trinajstić information content (AvgIpc) is 2.85. The van der Waals surface area contributed by atoms with Crippen LogP contribution in [-0.4, -0.2) is 32.5 Å². The molecule has 116 valence electrons. The van der Waals surface area contributed by atoms with Gasteiger partial charge in [-0.25, -0.2) is 15.0 Å². The first-order chi connectivity index (χ1) is 10.5. The van der Waals surface area contributed by atoms with Crippen molar-refractivity contribution in [2.75, 3.05) is 17.7 Å².